The Hall–Kier alpha value is -1.75. The predicted molar refractivity (Wildman–Crippen MR) is 83.9 cm³/mol. The fourth-order valence-corrected chi connectivity index (χ4v) is 5.03. The zero-order chi connectivity index (χ0) is 14.7. The molecule has 4 aliphatic rings. The van der Waals surface area contributed by atoms with Crippen LogP contribution in [0.4, 0.5) is 0 Å². The summed E-state index contributed by atoms with van der Waals surface area (Å²) in [5.41, 5.74) is 2.91. The van der Waals surface area contributed by atoms with E-state index in [1.54, 1.807) is 6.20 Å². The van der Waals surface area contributed by atoms with Crippen LogP contribution < -0.4 is 5.56 Å². The minimum atomic E-state index is -0.0428. The van der Waals surface area contributed by atoms with Crippen molar-refractivity contribution >= 4 is 10.9 Å². The number of aromatic amines is 1. The molecule has 5 heterocycles. The van der Waals surface area contributed by atoms with Crippen LogP contribution in [0.25, 0.3) is 10.9 Å². The summed E-state index contributed by atoms with van der Waals surface area (Å²) in [6.07, 6.45) is 6.23. The molecule has 3 saturated heterocycles. The van der Waals surface area contributed by atoms with Crippen LogP contribution in [0.2, 0.25) is 0 Å². The molecule has 2 aromatic heterocycles. The largest absolute Gasteiger partial charge is 0.303 e. The number of H-pyrrole nitrogens is 1. The van der Waals surface area contributed by atoms with Crippen molar-refractivity contribution in [2.75, 3.05) is 19.6 Å². The molecule has 1 N–H and O–H groups in total. The third-order valence-electron chi connectivity index (χ3n) is 6.09. The second-order valence-electron chi connectivity index (χ2n) is 7.07. The molecule has 6 rings (SSSR count). The maximum atomic E-state index is 12.6. The molecule has 22 heavy (non-hydrogen) atoms. The zero-order valence-corrected chi connectivity index (χ0v) is 12.6. The van der Waals surface area contributed by atoms with E-state index in [1.807, 2.05) is 6.07 Å². The van der Waals surface area contributed by atoms with Crippen molar-refractivity contribution in [2.45, 2.75) is 31.6 Å². The Labute approximate surface area is 128 Å². The van der Waals surface area contributed by atoms with Crippen LogP contribution in [0, 0.1) is 11.8 Å². The number of nitrogens with one attached hydrogen (secondary N) is 1. The van der Waals surface area contributed by atoms with E-state index in [-0.39, 0.29) is 5.56 Å². The van der Waals surface area contributed by atoms with E-state index in [2.05, 4.69) is 20.1 Å². The van der Waals surface area contributed by atoms with Crippen molar-refractivity contribution in [1.29, 1.82) is 0 Å². The highest BCUT2D eigenvalue weighted by Crippen LogP contribution is 2.45. The van der Waals surface area contributed by atoms with Gasteiger partial charge in [0, 0.05) is 23.7 Å². The van der Waals surface area contributed by atoms with Gasteiger partial charge in [-0.15, -0.1) is 0 Å². The van der Waals surface area contributed by atoms with Gasteiger partial charge in [0.15, 0.2) is 0 Å². The molecule has 1 aliphatic carbocycles. The maximum Gasteiger partial charge on any atom is 0.273 e. The molecule has 0 aromatic carbocycles. The summed E-state index contributed by atoms with van der Waals surface area (Å²) < 4.78 is 0. The Bertz CT molecular complexity index is 791. The zero-order valence-electron chi connectivity index (χ0n) is 12.6. The van der Waals surface area contributed by atoms with Gasteiger partial charge < -0.3 is 4.90 Å². The van der Waals surface area contributed by atoms with Gasteiger partial charge in [0.1, 0.15) is 0 Å². The van der Waals surface area contributed by atoms with Crippen molar-refractivity contribution in [3.63, 3.8) is 0 Å². The highest BCUT2D eigenvalue weighted by molar-refractivity contribution is 5.85. The third-order valence-corrected chi connectivity index (χ3v) is 6.09. The second-order valence-corrected chi connectivity index (χ2v) is 7.07. The molecule has 2 atom stereocenters. The topological polar surface area (TPSA) is 61.9 Å². The van der Waals surface area contributed by atoms with Gasteiger partial charge in [-0.1, -0.05) is 0 Å². The van der Waals surface area contributed by atoms with Crippen molar-refractivity contribution in [3.05, 3.63) is 33.9 Å². The number of hydrogen-bond donors (Lipinski definition) is 1. The molecule has 0 spiro atoms. The fraction of sp³-hybridized carbons (Fsp3) is 0.588. The highest BCUT2D eigenvalue weighted by atomic mass is 16.1. The fourth-order valence-electron chi connectivity index (χ4n) is 5.03. The van der Waals surface area contributed by atoms with Crippen molar-refractivity contribution in [2.24, 2.45) is 11.8 Å². The third kappa shape index (κ3) is 1.72. The van der Waals surface area contributed by atoms with Gasteiger partial charge in [0.25, 0.3) is 5.56 Å². The van der Waals surface area contributed by atoms with Crippen LogP contribution >= 0.6 is 0 Å². The lowest BCUT2D eigenvalue weighted by Crippen LogP contribution is -2.50. The molecule has 114 valence electrons. The lowest BCUT2D eigenvalue weighted by atomic mass is 9.67. The number of nitrogens with zero attached hydrogens (tertiary/aromatic N) is 3. The van der Waals surface area contributed by atoms with Gasteiger partial charge in [-0.25, -0.2) is 4.98 Å². The summed E-state index contributed by atoms with van der Waals surface area (Å²) in [5.74, 6) is 1.75. The van der Waals surface area contributed by atoms with E-state index in [1.165, 1.54) is 25.9 Å². The molecule has 5 heteroatoms. The molecule has 0 radical (unpaired) electrons. The summed E-state index contributed by atoms with van der Waals surface area (Å²) in [6, 6.07) is 1.88. The minimum Gasteiger partial charge on any atom is -0.303 e. The quantitative estimate of drug-likeness (QED) is 0.870. The van der Waals surface area contributed by atoms with Crippen LogP contribution in [-0.2, 0) is 6.42 Å². The first-order valence-corrected chi connectivity index (χ1v) is 8.40. The summed E-state index contributed by atoms with van der Waals surface area (Å²) in [4.78, 5) is 19.3. The average Bonchev–Trinajstić information content (AvgIpc) is 2.90. The van der Waals surface area contributed by atoms with Crippen LogP contribution in [-0.4, -0.2) is 39.7 Å². The van der Waals surface area contributed by atoms with E-state index >= 15 is 0 Å². The normalized spacial score (nSPS) is 33.3. The monoisotopic (exact) mass is 296 g/mol. The van der Waals surface area contributed by atoms with E-state index in [4.69, 9.17) is 0 Å². The SMILES string of the molecule is O=c1nccc2[nH]nc3c2c1C([C@@H]1CN2CCC1CC2)CC3. The van der Waals surface area contributed by atoms with Gasteiger partial charge >= 0.3 is 0 Å². The van der Waals surface area contributed by atoms with E-state index in [9.17, 15) is 4.79 Å². The van der Waals surface area contributed by atoms with E-state index in [0.29, 0.717) is 11.8 Å². The first kappa shape index (κ1) is 12.8. The number of rotatable bonds is 1. The second kappa shape index (κ2) is 4.62. The number of aryl methyl sites for hydroxylation is 1. The lowest BCUT2D eigenvalue weighted by Gasteiger charge is -2.48. The van der Waals surface area contributed by atoms with Gasteiger partial charge in [0.05, 0.1) is 11.2 Å². The molecule has 2 aromatic rings. The van der Waals surface area contributed by atoms with Crippen LogP contribution in [0.5, 0.6) is 0 Å². The van der Waals surface area contributed by atoms with Gasteiger partial charge in [0.2, 0.25) is 0 Å². The van der Waals surface area contributed by atoms with Gasteiger partial charge in [-0.2, -0.15) is 5.10 Å². The van der Waals surface area contributed by atoms with Gasteiger partial charge in [-0.3, -0.25) is 9.89 Å². The lowest BCUT2D eigenvalue weighted by molar-refractivity contribution is 0.0345. The molecule has 1 unspecified atom stereocenters. The standard InChI is InChI=1S/C17H20N4O/c22-17-15-11(12-9-21-7-4-10(12)5-8-21)1-2-13-16(15)14(20-19-13)3-6-18-17/h3,6,10-12,20H,1-2,4-5,7-9H2/t11?,12-/m1/s1. The molecule has 0 amide bonds. The Morgan fingerprint density at radius 3 is 2.86 bits per heavy atom. The van der Waals surface area contributed by atoms with Crippen LogP contribution in [0.3, 0.4) is 0 Å². The summed E-state index contributed by atoms with van der Waals surface area (Å²) in [7, 11) is 0. The molecule has 3 fully saturated rings. The molecule has 5 nitrogen and oxygen atoms in total. The van der Waals surface area contributed by atoms with Crippen molar-refractivity contribution in [1.82, 2.24) is 20.1 Å². The Balaban J connectivity index is 1.70. The Morgan fingerprint density at radius 2 is 2.09 bits per heavy atom. The highest BCUT2D eigenvalue weighted by Gasteiger charge is 2.41. The maximum absolute atomic E-state index is 12.6. The molecule has 2 bridgehead atoms. The number of aromatic nitrogens is 3. The minimum absolute atomic E-state index is 0.0428. The molecule has 0 saturated carbocycles. The smallest absolute Gasteiger partial charge is 0.273 e. The summed E-state index contributed by atoms with van der Waals surface area (Å²) in [6.45, 7) is 3.64. The van der Waals surface area contributed by atoms with E-state index in [0.717, 1.165) is 47.5 Å². The first-order chi connectivity index (χ1) is 10.8. The number of fused-ring (bicyclic) bond motifs is 3. The van der Waals surface area contributed by atoms with Gasteiger partial charge in [-0.05, 0) is 62.6 Å². The molecular formula is C17H20N4O. The van der Waals surface area contributed by atoms with E-state index < -0.39 is 0 Å². The molecule has 3 aliphatic heterocycles. The summed E-state index contributed by atoms with van der Waals surface area (Å²) in [5, 5.41) is 8.57. The van der Waals surface area contributed by atoms with Crippen LogP contribution in [0.15, 0.2) is 17.1 Å². The molecular weight excluding hydrogens is 276 g/mol. The Morgan fingerprint density at radius 1 is 1.23 bits per heavy atom. The number of hydrogen-bond acceptors (Lipinski definition) is 4. The van der Waals surface area contributed by atoms with Crippen LogP contribution in [0.1, 0.15) is 36.4 Å². The average molecular weight is 296 g/mol. The van der Waals surface area contributed by atoms with Crippen molar-refractivity contribution in [3.8, 4) is 0 Å². The number of piperidine rings is 3. The first-order valence-electron chi connectivity index (χ1n) is 8.40. The Kier molecular flexibility index (Phi) is 2.68. The van der Waals surface area contributed by atoms with Crippen molar-refractivity contribution < 1.29 is 0 Å². The predicted octanol–water partition coefficient (Wildman–Crippen LogP) is 1.69. The summed E-state index contributed by atoms with van der Waals surface area (Å²) >= 11 is 0.